The van der Waals surface area contributed by atoms with E-state index in [2.05, 4.69) is 27.9 Å². The molecule has 0 aromatic heterocycles. The molecule has 1 saturated carbocycles. The van der Waals surface area contributed by atoms with Gasteiger partial charge in [-0.25, -0.2) is 0 Å². The summed E-state index contributed by atoms with van der Waals surface area (Å²) in [6.07, 6.45) is 3.15. The van der Waals surface area contributed by atoms with Crippen molar-refractivity contribution in [3.8, 4) is 0 Å². The van der Waals surface area contributed by atoms with Gasteiger partial charge in [-0.1, -0.05) is 11.6 Å². The first-order valence-corrected chi connectivity index (χ1v) is 7.83. The Bertz CT molecular complexity index is 453. The van der Waals surface area contributed by atoms with Crippen LogP contribution in [0.5, 0.6) is 0 Å². The molecule has 2 rings (SSSR count). The third kappa shape index (κ3) is 3.75. The summed E-state index contributed by atoms with van der Waals surface area (Å²) in [4.78, 5) is 11.9. The first-order valence-electron chi connectivity index (χ1n) is 5.93. The maximum Gasteiger partial charge on any atom is 0.251 e. The van der Waals surface area contributed by atoms with Gasteiger partial charge in [0.2, 0.25) is 0 Å². The molecule has 1 amide bonds. The zero-order valence-electron chi connectivity index (χ0n) is 9.76. The Hall–Kier alpha value is -0.0000000000000000555. The molecule has 0 radical (unpaired) electrons. The van der Waals surface area contributed by atoms with Gasteiger partial charge in [0.25, 0.3) is 5.91 Å². The van der Waals surface area contributed by atoms with Crippen LogP contribution in [-0.4, -0.2) is 17.8 Å². The molecule has 1 N–H and O–H groups in total. The van der Waals surface area contributed by atoms with Gasteiger partial charge in [0.15, 0.2) is 0 Å². The molecule has 0 heterocycles. The Morgan fingerprint density at radius 2 is 2.22 bits per heavy atom. The summed E-state index contributed by atoms with van der Waals surface area (Å²) in [7, 11) is 0. The summed E-state index contributed by atoms with van der Waals surface area (Å²) in [6, 6.07) is 5.35. The molecule has 0 aliphatic heterocycles. The minimum atomic E-state index is -0.0636. The summed E-state index contributed by atoms with van der Waals surface area (Å²) >= 11 is 14.2. The van der Waals surface area contributed by atoms with Crippen LogP contribution in [0.2, 0.25) is 5.02 Å². The first kappa shape index (κ1) is 14.4. The maximum absolute atomic E-state index is 11.9. The zero-order chi connectivity index (χ0) is 13.1. The van der Waals surface area contributed by atoms with E-state index in [9.17, 15) is 4.79 Å². The molecule has 5 heteroatoms. The van der Waals surface area contributed by atoms with Crippen molar-refractivity contribution in [1.29, 1.82) is 0 Å². The van der Waals surface area contributed by atoms with Crippen molar-refractivity contribution in [3.05, 3.63) is 32.4 Å². The number of rotatable bonds is 3. The fraction of sp³-hybridized carbons (Fsp3) is 0.462. The summed E-state index contributed by atoms with van der Waals surface area (Å²) in [5.41, 5.74) is 0.612. The number of hydrogen-bond acceptors (Lipinski definition) is 1. The highest BCUT2D eigenvalue weighted by Crippen LogP contribution is 2.28. The topological polar surface area (TPSA) is 29.1 Å². The lowest BCUT2D eigenvalue weighted by molar-refractivity contribution is 0.0947. The van der Waals surface area contributed by atoms with Crippen LogP contribution in [0.3, 0.4) is 0 Å². The fourth-order valence-electron chi connectivity index (χ4n) is 2.18. The second kappa shape index (κ2) is 6.44. The van der Waals surface area contributed by atoms with Gasteiger partial charge < -0.3 is 5.32 Å². The molecule has 98 valence electrons. The summed E-state index contributed by atoms with van der Waals surface area (Å²) in [5, 5.41) is 3.84. The van der Waals surface area contributed by atoms with Gasteiger partial charge in [-0.2, -0.15) is 0 Å². The lowest BCUT2D eigenvalue weighted by Gasteiger charge is -2.11. The van der Waals surface area contributed by atoms with E-state index in [4.69, 9.17) is 23.2 Å². The Morgan fingerprint density at radius 3 is 2.83 bits per heavy atom. The van der Waals surface area contributed by atoms with Crippen LogP contribution < -0.4 is 5.32 Å². The molecule has 0 bridgehead atoms. The minimum Gasteiger partial charge on any atom is -0.352 e. The highest BCUT2D eigenvalue weighted by atomic mass is 127. The van der Waals surface area contributed by atoms with Crippen LogP contribution in [0.15, 0.2) is 18.2 Å². The highest BCUT2D eigenvalue weighted by Gasteiger charge is 2.23. The molecule has 1 aliphatic rings. The molecule has 2 atom stereocenters. The number of halogens is 3. The maximum atomic E-state index is 11.9. The lowest BCUT2D eigenvalue weighted by Crippen LogP contribution is -2.28. The third-order valence-corrected chi connectivity index (χ3v) is 5.18. The lowest BCUT2D eigenvalue weighted by atomic mass is 10.1. The van der Waals surface area contributed by atoms with E-state index in [0.717, 1.165) is 22.8 Å². The Labute approximate surface area is 131 Å². The molecule has 0 saturated heterocycles. The predicted molar refractivity (Wildman–Crippen MR) is 83.5 cm³/mol. The molecular weight excluding hydrogens is 384 g/mol. The third-order valence-electron chi connectivity index (χ3n) is 3.21. The van der Waals surface area contributed by atoms with Crippen molar-refractivity contribution < 1.29 is 4.79 Å². The Kier molecular flexibility index (Phi) is 5.15. The van der Waals surface area contributed by atoms with E-state index < -0.39 is 0 Å². The molecule has 2 nitrogen and oxygen atoms in total. The van der Waals surface area contributed by atoms with E-state index in [0.29, 0.717) is 23.0 Å². The monoisotopic (exact) mass is 397 g/mol. The van der Waals surface area contributed by atoms with Crippen molar-refractivity contribution in [2.24, 2.45) is 5.92 Å². The second-order valence-corrected chi connectivity index (χ2v) is 6.80. The number of amides is 1. The zero-order valence-corrected chi connectivity index (χ0v) is 13.4. The van der Waals surface area contributed by atoms with Crippen molar-refractivity contribution in [2.75, 3.05) is 6.54 Å². The van der Waals surface area contributed by atoms with Gasteiger partial charge in [0.1, 0.15) is 0 Å². The van der Waals surface area contributed by atoms with E-state index in [-0.39, 0.29) is 11.3 Å². The number of benzene rings is 1. The molecule has 1 aromatic rings. The normalized spacial score (nSPS) is 23.1. The van der Waals surface area contributed by atoms with Crippen LogP contribution in [0, 0.1) is 9.49 Å². The number of carbonyl (C=O) groups excluding carboxylic acids is 1. The van der Waals surface area contributed by atoms with Crippen LogP contribution in [-0.2, 0) is 0 Å². The summed E-state index contributed by atoms with van der Waals surface area (Å²) in [5.74, 6) is 0.446. The van der Waals surface area contributed by atoms with E-state index in [1.54, 1.807) is 12.1 Å². The van der Waals surface area contributed by atoms with Gasteiger partial charge in [-0.3, -0.25) is 4.79 Å². The smallest absolute Gasteiger partial charge is 0.251 e. The SMILES string of the molecule is O=C(NCC1CCC(Cl)C1)c1ccc(I)c(Cl)c1. The van der Waals surface area contributed by atoms with Gasteiger partial charge in [0.05, 0.1) is 5.02 Å². The van der Waals surface area contributed by atoms with Gasteiger partial charge in [-0.15, -0.1) is 11.6 Å². The van der Waals surface area contributed by atoms with E-state index >= 15 is 0 Å². The molecule has 1 fully saturated rings. The highest BCUT2D eigenvalue weighted by molar-refractivity contribution is 14.1. The molecule has 1 aromatic carbocycles. The number of hydrogen-bond donors (Lipinski definition) is 1. The van der Waals surface area contributed by atoms with E-state index in [1.807, 2.05) is 6.07 Å². The second-order valence-electron chi connectivity index (χ2n) is 4.62. The number of alkyl halides is 1. The first-order chi connectivity index (χ1) is 8.56. The van der Waals surface area contributed by atoms with Crippen molar-refractivity contribution in [2.45, 2.75) is 24.6 Å². The van der Waals surface area contributed by atoms with Crippen LogP contribution in [0.1, 0.15) is 29.6 Å². The molecular formula is C13H14Cl2INO. The average molecular weight is 398 g/mol. The van der Waals surface area contributed by atoms with Gasteiger partial charge in [0, 0.05) is 21.1 Å². The molecule has 2 unspecified atom stereocenters. The number of carbonyl (C=O) groups is 1. The van der Waals surface area contributed by atoms with Crippen molar-refractivity contribution in [1.82, 2.24) is 5.32 Å². The van der Waals surface area contributed by atoms with Crippen LogP contribution in [0.4, 0.5) is 0 Å². The minimum absolute atomic E-state index is 0.0636. The van der Waals surface area contributed by atoms with Crippen LogP contribution >= 0.6 is 45.8 Å². The van der Waals surface area contributed by atoms with Gasteiger partial charge >= 0.3 is 0 Å². The summed E-state index contributed by atoms with van der Waals surface area (Å²) in [6.45, 7) is 0.700. The molecule has 18 heavy (non-hydrogen) atoms. The Balaban J connectivity index is 1.89. The average Bonchev–Trinajstić information content (AvgIpc) is 2.75. The fourth-order valence-corrected chi connectivity index (χ4v) is 3.07. The Morgan fingerprint density at radius 1 is 1.44 bits per heavy atom. The largest absolute Gasteiger partial charge is 0.352 e. The summed E-state index contributed by atoms with van der Waals surface area (Å²) < 4.78 is 0.951. The molecule has 0 spiro atoms. The number of nitrogens with one attached hydrogen (secondary N) is 1. The standard InChI is InChI=1S/C13H14Cl2INO/c14-10-3-1-8(5-10)7-17-13(18)9-2-4-12(16)11(15)6-9/h2,4,6,8,10H,1,3,5,7H2,(H,17,18). The quantitative estimate of drug-likeness (QED) is 0.604. The van der Waals surface area contributed by atoms with Crippen LogP contribution in [0.25, 0.3) is 0 Å². The van der Waals surface area contributed by atoms with Crippen molar-refractivity contribution >= 4 is 51.7 Å². The predicted octanol–water partition coefficient (Wildman–Crippen LogP) is 4.08. The van der Waals surface area contributed by atoms with Crippen molar-refractivity contribution in [3.63, 3.8) is 0 Å². The van der Waals surface area contributed by atoms with Gasteiger partial charge in [-0.05, 0) is 66.0 Å². The van der Waals surface area contributed by atoms with E-state index in [1.165, 1.54) is 0 Å². The molecule has 1 aliphatic carbocycles.